The molecule has 0 saturated heterocycles. The summed E-state index contributed by atoms with van der Waals surface area (Å²) in [7, 11) is 0. The van der Waals surface area contributed by atoms with Gasteiger partial charge in [-0.1, -0.05) is 39.7 Å². The Balaban J connectivity index is 1.68. The van der Waals surface area contributed by atoms with Gasteiger partial charge in [-0.15, -0.1) is 0 Å². The lowest BCUT2D eigenvalue weighted by molar-refractivity contribution is -0.123. The molecule has 0 aliphatic heterocycles. The van der Waals surface area contributed by atoms with Crippen LogP contribution >= 0.6 is 59.4 Å². The number of carbonyl (C=O) groups excluding carboxylic acids is 2. The van der Waals surface area contributed by atoms with Crippen molar-refractivity contribution in [1.82, 2.24) is 5.43 Å². The average Bonchev–Trinajstić information content (AvgIpc) is 2.77. The summed E-state index contributed by atoms with van der Waals surface area (Å²) >= 11 is 16.1. The van der Waals surface area contributed by atoms with Crippen molar-refractivity contribution in [3.05, 3.63) is 89.7 Å². The highest BCUT2D eigenvalue weighted by molar-refractivity contribution is 9.11. The number of esters is 1. The molecule has 3 aromatic rings. The van der Waals surface area contributed by atoms with Crippen LogP contribution in [0.4, 0.5) is 0 Å². The highest BCUT2D eigenvalue weighted by Gasteiger charge is 2.17. The lowest BCUT2D eigenvalue weighted by Crippen LogP contribution is -2.24. The van der Waals surface area contributed by atoms with Crippen LogP contribution in [0.15, 0.2) is 73.1 Å². The minimum atomic E-state index is -0.546. The zero-order valence-electron chi connectivity index (χ0n) is 17.1. The summed E-state index contributed by atoms with van der Waals surface area (Å²) in [5.41, 5.74) is 4.07. The third-order valence-corrected chi connectivity index (χ3v) is 6.38. The number of hydrogen-bond donors (Lipinski definition) is 1. The second-order valence-corrected chi connectivity index (χ2v) is 9.70. The molecule has 3 rings (SSSR count). The largest absolute Gasteiger partial charge is 0.484 e. The molecule has 1 N–H and O–H groups in total. The first-order valence-electron chi connectivity index (χ1n) is 9.41. The number of ether oxygens (including phenoxy) is 2. The van der Waals surface area contributed by atoms with Crippen molar-refractivity contribution >= 4 is 77.5 Å². The van der Waals surface area contributed by atoms with E-state index in [0.29, 0.717) is 30.8 Å². The Morgan fingerprint density at radius 2 is 1.82 bits per heavy atom. The predicted molar refractivity (Wildman–Crippen MR) is 138 cm³/mol. The Kier molecular flexibility index (Phi) is 9.08. The number of carbonyl (C=O) groups is 2. The molecule has 3 aromatic carbocycles. The van der Waals surface area contributed by atoms with Gasteiger partial charge in [-0.2, -0.15) is 5.10 Å². The van der Waals surface area contributed by atoms with Crippen molar-refractivity contribution in [2.45, 2.75) is 6.92 Å². The molecule has 0 aromatic heterocycles. The third-order valence-electron chi connectivity index (χ3n) is 4.22. The van der Waals surface area contributed by atoms with Gasteiger partial charge in [0.1, 0.15) is 5.75 Å². The fraction of sp³-hybridized carbons (Fsp3) is 0.0870. The minimum absolute atomic E-state index is 0.232. The molecule has 0 radical (unpaired) electrons. The number of halogens is 4. The molecule has 1 amide bonds. The maximum atomic E-state index is 12.6. The molecule has 170 valence electrons. The third kappa shape index (κ3) is 7.14. The zero-order chi connectivity index (χ0) is 24.0. The summed E-state index contributed by atoms with van der Waals surface area (Å²) in [4.78, 5) is 24.7. The van der Waals surface area contributed by atoms with E-state index in [9.17, 15) is 9.59 Å². The van der Waals surface area contributed by atoms with Crippen LogP contribution < -0.4 is 14.9 Å². The molecule has 0 spiro atoms. The van der Waals surface area contributed by atoms with Gasteiger partial charge in [0, 0.05) is 19.5 Å². The van der Waals surface area contributed by atoms with Crippen molar-refractivity contribution in [3.8, 4) is 11.5 Å². The second kappa shape index (κ2) is 11.8. The first-order valence-corrected chi connectivity index (χ1v) is 12.2. The number of hydrazone groups is 1. The highest BCUT2D eigenvalue weighted by atomic mass is 79.9. The fourth-order valence-corrected chi connectivity index (χ4v) is 4.52. The standard InChI is InChI=1S/C23H16Br3ClN2O4/c1-13-8-16(6-7-20(13)27)32-12-21(30)29-28-11-14-9-15(24)10-19(26)22(14)33-23(31)17-4-2-3-5-18(17)25/h2-11H,12H2,1H3,(H,29,30)/b28-11+. The van der Waals surface area contributed by atoms with Crippen LogP contribution in [-0.2, 0) is 4.79 Å². The van der Waals surface area contributed by atoms with Crippen LogP contribution in [0.5, 0.6) is 11.5 Å². The van der Waals surface area contributed by atoms with Crippen molar-refractivity contribution < 1.29 is 19.1 Å². The molecule has 10 heteroatoms. The lowest BCUT2D eigenvalue weighted by Gasteiger charge is -2.11. The van der Waals surface area contributed by atoms with E-state index in [0.717, 1.165) is 10.0 Å². The number of aryl methyl sites for hydroxylation is 1. The first kappa shape index (κ1) is 25.4. The van der Waals surface area contributed by atoms with Crippen LogP contribution in [0.25, 0.3) is 0 Å². The van der Waals surface area contributed by atoms with E-state index in [2.05, 4.69) is 58.3 Å². The van der Waals surface area contributed by atoms with Gasteiger partial charge in [0.25, 0.3) is 5.91 Å². The minimum Gasteiger partial charge on any atom is -0.484 e. The molecule has 0 fully saturated rings. The Morgan fingerprint density at radius 3 is 2.55 bits per heavy atom. The molecule has 0 atom stereocenters. The Labute approximate surface area is 220 Å². The topological polar surface area (TPSA) is 77.0 Å². The molecule has 0 heterocycles. The van der Waals surface area contributed by atoms with Crippen LogP contribution in [0.3, 0.4) is 0 Å². The zero-order valence-corrected chi connectivity index (χ0v) is 22.6. The van der Waals surface area contributed by atoms with Gasteiger partial charge < -0.3 is 9.47 Å². The molecule has 33 heavy (non-hydrogen) atoms. The number of nitrogens with zero attached hydrogens (tertiary/aromatic N) is 1. The fourth-order valence-electron chi connectivity index (χ4n) is 2.62. The molecule has 0 unspecified atom stereocenters. The highest BCUT2D eigenvalue weighted by Crippen LogP contribution is 2.33. The van der Waals surface area contributed by atoms with Gasteiger partial charge in [-0.3, -0.25) is 4.79 Å². The molecule has 0 bridgehead atoms. The smallest absolute Gasteiger partial charge is 0.344 e. The molecular weight excluding hydrogens is 643 g/mol. The monoisotopic (exact) mass is 656 g/mol. The quantitative estimate of drug-likeness (QED) is 0.133. The van der Waals surface area contributed by atoms with Gasteiger partial charge >= 0.3 is 5.97 Å². The summed E-state index contributed by atoms with van der Waals surface area (Å²) in [5.74, 6) is -0.228. The van der Waals surface area contributed by atoms with Gasteiger partial charge in [-0.25, -0.2) is 10.2 Å². The second-order valence-electron chi connectivity index (χ2n) is 6.67. The van der Waals surface area contributed by atoms with Crippen LogP contribution in [0, 0.1) is 6.92 Å². The van der Waals surface area contributed by atoms with Crippen molar-refractivity contribution in [2.24, 2.45) is 5.10 Å². The summed E-state index contributed by atoms with van der Waals surface area (Å²) in [6.07, 6.45) is 1.38. The summed E-state index contributed by atoms with van der Waals surface area (Å²) in [6.45, 7) is 1.61. The Bertz CT molecular complexity index is 1230. The van der Waals surface area contributed by atoms with Crippen LogP contribution in [-0.4, -0.2) is 24.7 Å². The average molecular weight is 660 g/mol. The SMILES string of the molecule is Cc1cc(OCC(=O)N/N=C/c2cc(Br)cc(Br)c2OC(=O)c2ccccc2Br)ccc1Cl. The van der Waals surface area contributed by atoms with E-state index < -0.39 is 11.9 Å². The van der Waals surface area contributed by atoms with Crippen molar-refractivity contribution in [3.63, 3.8) is 0 Å². The number of benzene rings is 3. The molecule has 0 aliphatic carbocycles. The number of nitrogens with one attached hydrogen (secondary N) is 1. The molecule has 6 nitrogen and oxygen atoms in total. The van der Waals surface area contributed by atoms with E-state index in [1.54, 1.807) is 54.6 Å². The summed E-state index contributed by atoms with van der Waals surface area (Å²) in [6, 6.07) is 15.5. The normalized spacial score (nSPS) is 10.8. The van der Waals surface area contributed by atoms with Crippen molar-refractivity contribution in [2.75, 3.05) is 6.61 Å². The lowest BCUT2D eigenvalue weighted by atomic mass is 10.2. The van der Waals surface area contributed by atoms with Gasteiger partial charge in [0.2, 0.25) is 0 Å². The van der Waals surface area contributed by atoms with E-state index in [4.69, 9.17) is 21.1 Å². The summed E-state index contributed by atoms with van der Waals surface area (Å²) in [5, 5.41) is 4.58. The van der Waals surface area contributed by atoms with E-state index in [1.807, 2.05) is 6.92 Å². The van der Waals surface area contributed by atoms with Gasteiger partial charge in [0.15, 0.2) is 12.4 Å². The maximum absolute atomic E-state index is 12.6. The predicted octanol–water partition coefficient (Wildman–Crippen LogP) is 6.68. The van der Waals surface area contributed by atoms with Gasteiger partial charge in [-0.05, 0) is 86.8 Å². The van der Waals surface area contributed by atoms with E-state index in [1.165, 1.54) is 6.21 Å². The first-order chi connectivity index (χ1) is 15.7. The molecular formula is C23H16Br3ClN2O4. The van der Waals surface area contributed by atoms with E-state index >= 15 is 0 Å². The van der Waals surface area contributed by atoms with E-state index in [-0.39, 0.29) is 12.4 Å². The maximum Gasteiger partial charge on any atom is 0.344 e. The van der Waals surface area contributed by atoms with Crippen LogP contribution in [0.1, 0.15) is 21.5 Å². The number of amides is 1. The summed E-state index contributed by atoms with van der Waals surface area (Å²) < 4.78 is 12.9. The van der Waals surface area contributed by atoms with Crippen LogP contribution in [0.2, 0.25) is 5.02 Å². The number of hydrogen-bond acceptors (Lipinski definition) is 5. The van der Waals surface area contributed by atoms with Crippen molar-refractivity contribution in [1.29, 1.82) is 0 Å². The number of rotatable bonds is 7. The Morgan fingerprint density at radius 1 is 1.06 bits per heavy atom. The molecule has 0 saturated carbocycles. The molecule has 0 aliphatic rings. The Hall–Kier alpha value is -2.20. The van der Waals surface area contributed by atoms with Gasteiger partial charge in [0.05, 0.1) is 16.3 Å².